The largest absolute Gasteiger partial charge is 0.462 e. The molecule has 0 radical (unpaired) electrons. The number of aliphatic hydroxyl groups is 1. The van der Waals surface area contributed by atoms with E-state index >= 15 is 0 Å². The summed E-state index contributed by atoms with van der Waals surface area (Å²) in [5.41, 5.74) is -1.44. The van der Waals surface area contributed by atoms with E-state index in [9.17, 15) is 24.3 Å². The number of ether oxygens (including phenoxy) is 2. The van der Waals surface area contributed by atoms with Gasteiger partial charge < -0.3 is 14.6 Å². The zero-order valence-corrected chi connectivity index (χ0v) is 19.4. The lowest BCUT2D eigenvalue weighted by atomic mass is 9.45. The molecular weight excluding hydrogens is 412 g/mol. The van der Waals surface area contributed by atoms with Gasteiger partial charge in [0.2, 0.25) is 0 Å². The van der Waals surface area contributed by atoms with Crippen molar-refractivity contribution in [1.29, 1.82) is 0 Å². The van der Waals surface area contributed by atoms with Crippen LogP contribution in [0, 0.1) is 28.6 Å². The predicted molar refractivity (Wildman–Crippen MR) is 114 cm³/mol. The van der Waals surface area contributed by atoms with E-state index in [1.54, 1.807) is 6.08 Å². The minimum Gasteiger partial charge on any atom is -0.462 e. The van der Waals surface area contributed by atoms with Gasteiger partial charge in [0.25, 0.3) is 0 Å². The van der Waals surface area contributed by atoms with E-state index in [4.69, 9.17) is 9.47 Å². The standard InChI is InChI=1S/C25H34O7/c1-14(26)31-13-21(32-15(2)27)25(30)10-8-19-18-6-5-16-11-17(28)7-9-23(16,3)22(18)20(29)12-24(19,25)4/h11,18-19,21-22,30H,5-10,12-13H2,1-4H3/t18-,19-,21-,22+,23-,24-,25-/m0/s1. The predicted octanol–water partition coefficient (Wildman–Crippen LogP) is 2.92. The van der Waals surface area contributed by atoms with Crippen LogP contribution in [0.15, 0.2) is 11.6 Å². The summed E-state index contributed by atoms with van der Waals surface area (Å²) in [7, 11) is 0. The van der Waals surface area contributed by atoms with Gasteiger partial charge in [-0.25, -0.2) is 0 Å². The quantitative estimate of drug-likeness (QED) is 0.662. The van der Waals surface area contributed by atoms with Crippen molar-refractivity contribution >= 4 is 23.5 Å². The maximum Gasteiger partial charge on any atom is 0.303 e. The fourth-order valence-electron chi connectivity index (χ4n) is 7.61. The lowest BCUT2D eigenvalue weighted by Crippen LogP contribution is -2.62. The SMILES string of the molecule is CC(=O)OC[C@H](OC(C)=O)[C@@]1(O)CC[C@H]2[C@@H]3CCC4=CC(=O)CC[C@]4(C)[C@H]3C(=O)C[C@@]21C. The maximum atomic E-state index is 13.7. The molecule has 0 heterocycles. The van der Waals surface area contributed by atoms with Crippen LogP contribution >= 0.6 is 0 Å². The second-order valence-corrected chi connectivity index (χ2v) is 10.8. The van der Waals surface area contributed by atoms with Gasteiger partial charge in [0.05, 0.1) is 0 Å². The Morgan fingerprint density at radius 1 is 1.12 bits per heavy atom. The molecule has 7 heteroatoms. The molecule has 1 N–H and O–H groups in total. The molecule has 176 valence electrons. The Hall–Kier alpha value is -2.02. The van der Waals surface area contributed by atoms with Crippen molar-refractivity contribution in [1.82, 2.24) is 0 Å². The van der Waals surface area contributed by atoms with Crippen LogP contribution in [0.4, 0.5) is 0 Å². The number of hydrogen-bond acceptors (Lipinski definition) is 7. The van der Waals surface area contributed by atoms with Crippen LogP contribution in [0.2, 0.25) is 0 Å². The topological polar surface area (TPSA) is 107 Å². The highest BCUT2D eigenvalue weighted by Crippen LogP contribution is 2.67. The van der Waals surface area contributed by atoms with Crippen LogP contribution in [0.1, 0.15) is 72.6 Å². The summed E-state index contributed by atoms with van der Waals surface area (Å²) in [5.74, 6) is -0.777. The molecule has 4 aliphatic carbocycles. The molecule has 0 bridgehead atoms. The van der Waals surface area contributed by atoms with Crippen LogP contribution in [-0.4, -0.2) is 46.9 Å². The van der Waals surface area contributed by atoms with E-state index in [1.807, 2.05) is 6.92 Å². The molecule has 0 saturated heterocycles. The molecule has 0 aliphatic heterocycles. The van der Waals surface area contributed by atoms with Crippen molar-refractivity contribution < 1.29 is 33.8 Å². The molecule has 0 aromatic rings. The number of ketones is 2. The first-order chi connectivity index (χ1) is 14.9. The second-order valence-electron chi connectivity index (χ2n) is 10.8. The van der Waals surface area contributed by atoms with Gasteiger partial charge in [-0.1, -0.05) is 19.4 Å². The van der Waals surface area contributed by atoms with Crippen LogP contribution in [0.3, 0.4) is 0 Å². The third-order valence-electron chi connectivity index (χ3n) is 9.15. The number of rotatable bonds is 4. The molecule has 4 rings (SSSR count). The monoisotopic (exact) mass is 446 g/mol. The first-order valence-corrected chi connectivity index (χ1v) is 11.7. The van der Waals surface area contributed by atoms with Crippen molar-refractivity contribution in [2.45, 2.75) is 84.3 Å². The molecule has 0 unspecified atom stereocenters. The molecule has 7 atom stereocenters. The third-order valence-corrected chi connectivity index (χ3v) is 9.15. The molecule has 0 aromatic carbocycles. The van der Waals surface area contributed by atoms with Gasteiger partial charge in [-0.2, -0.15) is 0 Å². The minimum atomic E-state index is -1.46. The zero-order chi connectivity index (χ0) is 23.5. The van der Waals surface area contributed by atoms with Crippen LogP contribution in [0.5, 0.6) is 0 Å². The molecule has 0 spiro atoms. The van der Waals surface area contributed by atoms with E-state index in [0.29, 0.717) is 25.7 Å². The van der Waals surface area contributed by atoms with E-state index in [0.717, 1.165) is 18.4 Å². The van der Waals surface area contributed by atoms with Crippen molar-refractivity contribution in [3.8, 4) is 0 Å². The van der Waals surface area contributed by atoms with E-state index in [-0.39, 0.29) is 47.8 Å². The Morgan fingerprint density at radius 3 is 2.50 bits per heavy atom. The molecule has 0 aromatic heterocycles. The Balaban J connectivity index is 1.68. The molecule has 3 saturated carbocycles. The first-order valence-electron chi connectivity index (χ1n) is 11.7. The number of esters is 2. The number of Topliss-reactive ketones (excluding diaryl/α,β-unsaturated/α-hetero) is 1. The minimum absolute atomic E-state index is 0.0848. The zero-order valence-electron chi connectivity index (χ0n) is 19.4. The number of hydrogen-bond donors (Lipinski definition) is 1. The Morgan fingerprint density at radius 2 is 1.84 bits per heavy atom. The Labute approximate surface area is 188 Å². The number of allylic oxidation sites excluding steroid dienone is 1. The molecule has 7 nitrogen and oxygen atoms in total. The van der Waals surface area contributed by atoms with Gasteiger partial charge in [-0.3, -0.25) is 19.2 Å². The fourth-order valence-corrected chi connectivity index (χ4v) is 7.61. The summed E-state index contributed by atoms with van der Waals surface area (Å²) in [6.07, 6.45) is 4.79. The molecule has 4 aliphatic rings. The summed E-state index contributed by atoms with van der Waals surface area (Å²) in [5, 5.41) is 11.9. The number of carbonyl (C=O) groups is 4. The van der Waals surface area contributed by atoms with Gasteiger partial charge >= 0.3 is 11.9 Å². The van der Waals surface area contributed by atoms with Gasteiger partial charge in [0.15, 0.2) is 11.9 Å². The molecule has 0 amide bonds. The maximum absolute atomic E-state index is 13.7. The van der Waals surface area contributed by atoms with Crippen LogP contribution < -0.4 is 0 Å². The molecular formula is C25H34O7. The smallest absolute Gasteiger partial charge is 0.303 e. The van der Waals surface area contributed by atoms with Crippen molar-refractivity contribution in [2.75, 3.05) is 6.61 Å². The summed E-state index contributed by atoms with van der Waals surface area (Å²) in [4.78, 5) is 48.9. The first kappa shape index (κ1) is 23.1. The third kappa shape index (κ3) is 3.35. The lowest BCUT2D eigenvalue weighted by molar-refractivity contribution is -0.206. The summed E-state index contributed by atoms with van der Waals surface area (Å²) in [6.45, 7) is 6.36. The lowest BCUT2D eigenvalue weighted by Gasteiger charge is -2.58. The fraction of sp³-hybridized carbons (Fsp3) is 0.760. The second kappa shape index (κ2) is 7.79. The normalized spacial score (nSPS) is 41.7. The van der Waals surface area contributed by atoms with E-state index in [1.165, 1.54) is 13.8 Å². The van der Waals surface area contributed by atoms with Crippen LogP contribution in [-0.2, 0) is 28.7 Å². The van der Waals surface area contributed by atoms with Gasteiger partial charge in [0.1, 0.15) is 18.0 Å². The van der Waals surface area contributed by atoms with Gasteiger partial charge in [-0.15, -0.1) is 0 Å². The van der Waals surface area contributed by atoms with Crippen molar-refractivity contribution in [3.05, 3.63) is 11.6 Å². The number of fused-ring (bicyclic) bond motifs is 5. The highest BCUT2D eigenvalue weighted by molar-refractivity contribution is 5.93. The number of carbonyl (C=O) groups excluding carboxylic acids is 4. The van der Waals surface area contributed by atoms with Crippen LogP contribution in [0.25, 0.3) is 0 Å². The van der Waals surface area contributed by atoms with E-state index < -0.39 is 29.1 Å². The van der Waals surface area contributed by atoms with Gasteiger partial charge in [-0.05, 0) is 55.4 Å². The van der Waals surface area contributed by atoms with Gasteiger partial charge in [0, 0.05) is 38.0 Å². The summed E-state index contributed by atoms with van der Waals surface area (Å²) >= 11 is 0. The highest BCUT2D eigenvalue weighted by atomic mass is 16.6. The summed E-state index contributed by atoms with van der Waals surface area (Å²) < 4.78 is 10.6. The Kier molecular flexibility index (Phi) is 5.63. The summed E-state index contributed by atoms with van der Waals surface area (Å²) in [6, 6.07) is 0. The highest BCUT2D eigenvalue weighted by Gasteiger charge is 2.69. The molecule has 3 fully saturated rings. The van der Waals surface area contributed by atoms with Crippen molar-refractivity contribution in [3.63, 3.8) is 0 Å². The Bertz CT molecular complexity index is 891. The van der Waals surface area contributed by atoms with Crippen molar-refractivity contribution in [2.24, 2.45) is 28.6 Å². The average molecular weight is 447 g/mol. The average Bonchev–Trinajstić information content (AvgIpc) is 2.96. The molecule has 32 heavy (non-hydrogen) atoms. The van der Waals surface area contributed by atoms with E-state index in [2.05, 4.69) is 6.92 Å².